The van der Waals surface area contributed by atoms with Crippen LogP contribution in [0.4, 0.5) is 0 Å². The number of hydrogen-bond donors (Lipinski definition) is 2. The minimum atomic E-state index is -0.145. The van der Waals surface area contributed by atoms with Gasteiger partial charge in [0.1, 0.15) is 10.9 Å². The van der Waals surface area contributed by atoms with Crippen molar-refractivity contribution in [3.8, 4) is 0 Å². The van der Waals surface area contributed by atoms with Gasteiger partial charge in [-0.1, -0.05) is 13.8 Å². The van der Waals surface area contributed by atoms with E-state index in [4.69, 9.17) is 0 Å². The van der Waals surface area contributed by atoms with Gasteiger partial charge in [0, 0.05) is 12.0 Å². The van der Waals surface area contributed by atoms with Crippen molar-refractivity contribution in [3.63, 3.8) is 0 Å². The van der Waals surface area contributed by atoms with Gasteiger partial charge in [0.15, 0.2) is 0 Å². The first-order chi connectivity index (χ1) is 5.09. The molecule has 0 fully saturated rings. The average molecular weight is 170 g/mol. The normalized spacial score (nSPS) is 10.5. The second kappa shape index (κ2) is 3.09. The van der Waals surface area contributed by atoms with E-state index in [1.54, 1.807) is 0 Å². The van der Waals surface area contributed by atoms with Crippen molar-refractivity contribution in [3.05, 3.63) is 22.2 Å². The third kappa shape index (κ3) is 2.08. The Morgan fingerprint density at radius 2 is 2.27 bits per heavy atom. The molecule has 0 aliphatic carbocycles. The number of rotatable bonds is 1. The molecule has 0 radical (unpaired) electrons. The van der Waals surface area contributed by atoms with Crippen LogP contribution < -0.4 is 5.56 Å². The number of hydrogen-bond acceptors (Lipinski definition) is 3. The van der Waals surface area contributed by atoms with E-state index in [0.717, 1.165) is 0 Å². The Morgan fingerprint density at radius 1 is 1.64 bits per heavy atom. The molecular formula is C7H10N2OS. The highest BCUT2D eigenvalue weighted by Crippen LogP contribution is 2.07. The van der Waals surface area contributed by atoms with E-state index in [2.05, 4.69) is 22.6 Å². The summed E-state index contributed by atoms with van der Waals surface area (Å²) in [6.07, 6.45) is 0. The molecule has 1 heterocycles. The van der Waals surface area contributed by atoms with Gasteiger partial charge < -0.3 is 4.98 Å². The molecular weight excluding hydrogens is 160 g/mol. The van der Waals surface area contributed by atoms with E-state index >= 15 is 0 Å². The molecule has 0 aromatic carbocycles. The van der Waals surface area contributed by atoms with E-state index < -0.39 is 0 Å². The van der Waals surface area contributed by atoms with E-state index in [0.29, 0.717) is 10.9 Å². The van der Waals surface area contributed by atoms with Crippen LogP contribution in [0.2, 0.25) is 0 Å². The average Bonchev–Trinajstić information content (AvgIpc) is 1.85. The van der Waals surface area contributed by atoms with Crippen molar-refractivity contribution in [2.45, 2.75) is 24.8 Å². The Balaban J connectivity index is 3.19. The minimum Gasteiger partial charge on any atom is -0.310 e. The molecule has 0 saturated carbocycles. The number of nitrogens with zero attached hydrogens (tertiary/aromatic N) is 1. The standard InChI is InChI=1S/C7H10N2OS/c1-4(2)7-8-5(10)3-6(11)9-7/h3-4H,1-2H3,(H2,8,9,10,11). The lowest BCUT2D eigenvalue weighted by atomic mass is 10.2. The summed E-state index contributed by atoms with van der Waals surface area (Å²) in [7, 11) is 0. The van der Waals surface area contributed by atoms with Gasteiger partial charge in [0.05, 0.1) is 0 Å². The minimum absolute atomic E-state index is 0.145. The fourth-order valence-electron chi connectivity index (χ4n) is 0.737. The lowest BCUT2D eigenvalue weighted by Crippen LogP contribution is -2.11. The van der Waals surface area contributed by atoms with Crippen molar-refractivity contribution in [2.24, 2.45) is 0 Å². The van der Waals surface area contributed by atoms with Crippen molar-refractivity contribution >= 4 is 12.6 Å². The van der Waals surface area contributed by atoms with E-state index in [-0.39, 0.29) is 11.5 Å². The lowest BCUT2D eigenvalue weighted by Gasteiger charge is -2.02. The molecule has 1 aromatic rings. The van der Waals surface area contributed by atoms with Crippen LogP contribution in [0.1, 0.15) is 25.6 Å². The second-order valence-corrected chi connectivity index (χ2v) is 3.10. The number of thiol groups is 1. The predicted molar refractivity (Wildman–Crippen MR) is 46.2 cm³/mol. The zero-order chi connectivity index (χ0) is 8.43. The number of nitrogens with one attached hydrogen (secondary N) is 1. The third-order valence-corrected chi connectivity index (χ3v) is 1.52. The SMILES string of the molecule is CC(C)c1nc(S)cc(=O)[nH]1. The van der Waals surface area contributed by atoms with Crippen LogP contribution in [0.25, 0.3) is 0 Å². The van der Waals surface area contributed by atoms with Crippen molar-refractivity contribution in [1.29, 1.82) is 0 Å². The Labute approximate surface area is 70.3 Å². The van der Waals surface area contributed by atoms with Gasteiger partial charge in [0.2, 0.25) is 0 Å². The molecule has 0 spiro atoms. The van der Waals surface area contributed by atoms with Crippen LogP contribution in [0.3, 0.4) is 0 Å². The maximum Gasteiger partial charge on any atom is 0.251 e. The van der Waals surface area contributed by atoms with Crippen LogP contribution in [0.15, 0.2) is 15.9 Å². The van der Waals surface area contributed by atoms with Crippen LogP contribution in [-0.4, -0.2) is 9.97 Å². The summed E-state index contributed by atoms with van der Waals surface area (Å²) in [5.41, 5.74) is -0.145. The predicted octanol–water partition coefficient (Wildman–Crippen LogP) is 1.18. The first kappa shape index (κ1) is 8.33. The van der Waals surface area contributed by atoms with Gasteiger partial charge in [0.25, 0.3) is 5.56 Å². The maximum absolute atomic E-state index is 10.9. The molecule has 0 atom stereocenters. The zero-order valence-corrected chi connectivity index (χ0v) is 7.35. The third-order valence-electron chi connectivity index (χ3n) is 1.29. The van der Waals surface area contributed by atoms with Crippen LogP contribution in [-0.2, 0) is 0 Å². The Hall–Kier alpha value is -0.770. The van der Waals surface area contributed by atoms with Crippen molar-refractivity contribution in [2.75, 3.05) is 0 Å². The monoisotopic (exact) mass is 170 g/mol. The first-order valence-corrected chi connectivity index (χ1v) is 3.84. The molecule has 3 nitrogen and oxygen atoms in total. The van der Waals surface area contributed by atoms with Gasteiger partial charge in [-0.3, -0.25) is 4.79 Å². The van der Waals surface area contributed by atoms with Crippen molar-refractivity contribution < 1.29 is 0 Å². The van der Waals surface area contributed by atoms with E-state index in [9.17, 15) is 4.79 Å². The molecule has 1 N–H and O–H groups in total. The molecule has 0 aliphatic heterocycles. The molecule has 0 aliphatic rings. The summed E-state index contributed by atoms with van der Waals surface area (Å²) in [5, 5.41) is 0.470. The van der Waals surface area contributed by atoms with Crippen LogP contribution in [0, 0.1) is 0 Å². The molecule has 1 aromatic heterocycles. The molecule has 11 heavy (non-hydrogen) atoms. The zero-order valence-electron chi connectivity index (χ0n) is 6.46. The highest BCUT2D eigenvalue weighted by Gasteiger charge is 2.01. The van der Waals surface area contributed by atoms with Gasteiger partial charge in [-0.2, -0.15) is 0 Å². The highest BCUT2D eigenvalue weighted by atomic mass is 32.1. The second-order valence-electron chi connectivity index (χ2n) is 2.64. The maximum atomic E-state index is 10.9. The van der Waals surface area contributed by atoms with Gasteiger partial charge >= 0.3 is 0 Å². The Bertz CT molecular complexity index is 306. The number of aromatic nitrogens is 2. The van der Waals surface area contributed by atoms with E-state index in [1.807, 2.05) is 13.8 Å². The summed E-state index contributed by atoms with van der Waals surface area (Å²) in [6, 6.07) is 1.36. The van der Waals surface area contributed by atoms with Crippen molar-refractivity contribution in [1.82, 2.24) is 9.97 Å². The fourth-order valence-corrected chi connectivity index (χ4v) is 0.962. The molecule has 60 valence electrons. The van der Waals surface area contributed by atoms with E-state index in [1.165, 1.54) is 6.07 Å². The molecule has 0 amide bonds. The number of H-pyrrole nitrogens is 1. The van der Waals surface area contributed by atoms with Gasteiger partial charge in [-0.15, -0.1) is 12.6 Å². The first-order valence-electron chi connectivity index (χ1n) is 3.40. The Morgan fingerprint density at radius 3 is 2.73 bits per heavy atom. The summed E-state index contributed by atoms with van der Waals surface area (Å²) in [4.78, 5) is 17.5. The largest absolute Gasteiger partial charge is 0.310 e. The highest BCUT2D eigenvalue weighted by molar-refractivity contribution is 7.80. The molecule has 0 bridgehead atoms. The topological polar surface area (TPSA) is 45.8 Å². The molecule has 0 saturated heterocycles. The molecule has 4 heteroatoms. The quantitative estimate of drug-likeness (QED) is 0.491. The lowest BCUT2D eigenvalue weighted by molar-refractivity contribution is 0.745. The van der Waals surface area contributed by atoms with Crippen LogP contribution >= 0.6 is 12.6 Å². The van der Waals surface area contributed by atoms with Gasteiger partial charge in [-0.05, 0) is 0 Å². The van der Waals surface area contributed by atoms with Gasteiger partial charge in [-0.25, -0.2) is 4.98 Å². The summed E-state index contributed by atoms with van der Waals surface area (Å²) >= 11 is 3.99. The number of aromatic amines is 1. The fraction of sp³-hybridized carbons (Fsp3) is 0.429. The summed E-state index contributed by atoms with van der Waals surface area (Å²) in [6.45, 7) is 3.93. The smallest absolute Gasteiger partial charge is 0.251 e. The molecule has 1 rings (SSSR count). The summed E-state index contributed by atoms with van der Waals surface area (Å²) < 4.78 is 0. The summed E-state index contributed by atoms with van der Waals surface area (Å²) in [5.74, 6) is 0.914. The molecule has 0 unspecified atom stereocenters. The van der Waals surface area contributed by atoms with Crippen LogP contribution in [0.5, 0.6) is 0 Å². The Kier molecular flexibility index (Phi) is 2.34.